The standard InChI is InChI=1S/C13H19FN2O2S/c1-13(5-6-13)9-16-19(17,18)12-4-3-10(8-15-2)7-11(12)14/h3-4,7,15-16H,5-6,8-9H2,1-2H3. The highest BCUT2D eigenvalue weighted by atomic mass is 32.2. The zero-order valence-corrected chi connectivity index (χ0v) is 12.0. The molecule has 1 aliphatic rings. The summed E-state index contributed by atoms with van der Waals surface area (Å²) in [6, 6.07) is 4.19. The van der Waals surface area contributed by atoms with Crippen molar-refractivity contribution < 1.29 is 12.8 Å². The second-order valence-corrected chi connectivity index (χ2v) is 7.17. The van der Waals surface area contributed by atoms with Crippen molar-refractivity contribution in [2.45, 2.75) is 31.2 Å². The summed E-state index contributed by atoms with van der Waals surface area (Å²) in [7, 11) is -2.01. The Kier molecular flexibility index (Phi) is 3.94. The smallest absolute Gasteiger partial charge is 0.243 e. The third-order valence-corrected chi connectivity index (χ3v) is 4.89. The van der Waals surface area contributed by atoms with E-state index in [4.69, 9.17) is 0 Å². The molecule has 106 valence electrons. The molecular weight excluding hydrogens is 267 g/mol. The van der Waals surface area contributed by atoms with Crippen molar-refractivity contribution >= 4 is 10.0 Å². The minimum Gasteiger partial charge on any atom is -0.316 e. The average Bonchev–Trinajstić information content (AvgIpc) is 3.06. The van der Waals surface area contributed by atoms with Gasteiger partial charge in [0.1, 0.15) is 10.7 Å². The van der Waals surface area contributed by atoms with Crippen LogP contribution in [-0.2, 0) is 16.6 Å². The molecule has 0 aromatic heterocycles. The van der Waals surface area contributed by atoms with Crippen LogP contribution in [0.2, 0.25) is 0 Å². The van der Waals surface area contributed by atoms with Gasteiger partial charge < -0.3 is 5.32 Å². The lowest BCUT2D eigenvalue weighted by Gasteiger charge is -2.12. The molecule has 0 spiro atoms. The zero-order chi connectivity index (χ0) is 14.1. The van der Waals surface area contributed by atoms with Crippen LogP contribution < -0.4 is 10.0 Å². The fraction of sp³-hybridized carbons (Fsp3) is 0.538. The number of rotatable bonds is 6. The van der Waals surface area contributed by atoms with Crippen LogP contribution in [0.15, 0.2) is 23.1 Å². The summed E-state index contributed by atoms with van der Waals surface area (Å²) < 4.78 is 40.4. The fourth-order valence-electron chi connectivity index (χ4n) is 1.81. The molecule has 2 N–H and O–H groups in total. The van der Waals surface area contributed by atoms with E-state index >= 15 is 0 Å². The summed E-state index contributed by atoms with van der Waals surface area (Å²) in [5, 5.41) is 2.89. The van der Waals surface area contributed by atoms with Gasteiger partial charge in [0.2, 0.25) is 10.0 Å². The third kappa shape index (κ3) is 3.52. The van der Waals surface area contributed by atoms with Crippen LogP contribution in [0.1, 0.15) is 25.3 Å². The Labute approximate surface area is 113 Å². The first-order valence-corrected chi connectivity index (χ1v) is 7.77. The Bertz CT molecular complexity index is 568. The molecule has 0 aliphatic heterocycles. The van der Waals surface area contributed by atoms with Crippen molar-refractivity contribution in [1.29, 1.82) is 0 Å². The molecule has 4 nitrogen and oxygen atoms in total. The molecule has 1 aliphatic carbocycles. The van der Waals surface area contributed by atoms with Crippen LogP contribution in [0.4, 0.5) is 4.39 Å². The fourth-order valence-corrected chi connectivity index (χ4v) is 3.07. The molecule has 0 heterocycles. The first kappa shape index (κ1) is 14.4. The van der Waals surface area contributed by atoms with E-state index in [2.05, 4.69) is 10.0 Å². The van der Waals surface area contributed by atoms with Crippen LogP contribution in [0.5, 0.6) is 0 Å². The third-order valence-electron chi connectivity index (χ3n) is 3.46. The van der Waals surface area contributed by atoms with E-state index in [0.29, 0.717) is 18.7 Å². The lowest BCUT2D eigenvalue weighted by molar-refractivity contribution is 0.522. The summed E-state index contributed by atoms with van der Waals surface area (Å²) >= 11 is 0. The summed E-state index contributed by atoms with van der Waals surface area (Å²) in [4.78, 5) is -0.281. The molecule has 1 fully saturated rings. The first-order valence-electron chi connectivity index (χ1n) is 6.29. The minimum absolute atomic E-state index is 0.0512. The molecule has 1 aromatic rings. The number of sulfonamides is 1. The van der Waals surface area contributed by atoms with E-state index in [0.717, 1.165) is 12.8 Å². The quantitative estimate of drug-likeness (QED) is 0.835. The predicted molar refractivity (Wildman–Crippen MR) is 71.7 cm³/mol. The molecule has 0 saturated heterocycles. The maximum Gasteiger partial charge on any atom is 0.243 e. The van der Waals surface area contributed by atoms with Crippen molar-refractivity contribution in [2.24, 2.45) is 5.41 Å². The molecule has 6 heteroatoms. The van der Waals surface area contributed by atoms with Gasteiger partial charge in [-0.3, -0.25) is 0 Å². The van der Waals surface area contributed by atoms with Gasteiger partial charge in [0, 0.05) is 13.1 Å². The van der Waals surface area contributed by atoms with Gasteiger partial charge in [-0.1, -0.05) is 13.0 Å². The molecule has 0 amide bonds. The topological polar surface area (TPSA) is 58.2 Å². The van der Waals surface area contributed by atoms with Crippen molar-refractivity contribution in [3.05, 3.63) is 29.6 Å². The van der Waals surface area contributed by atoms with Crippen LogP contribution in [-0.4, -0.2) is 22.0 Å². The molecule has 0 radical (unpaired) electrons. The molecule has 0 atom stereocenters. The summed E-state index contributed by atoms with van der Waals surface area (Å²) in [5.41, 5.74) is 0.767. The minimum atomic E-state index is -3.76. The number of nitrogens with one attached hydrogen (secondary N) is 2. The maximum absolute atomic E-state index is 13.9. The molecule has 0 unspecified atom stereocenters. The van der Waals surface area contributed by atoms with Gasteiger partial charge in [-0.05, 0) is 43.0 Å². The van der Waals surface area contributed by atoms with Crippen molar-refractivity contribution in [1.82, 2.24) is 10.0 Å². The zero-order valence-electron chi connectivity index (χ0n) is 11.2. The first-order chi connectivity index (χ1) is 8.86. The van der Waals surface area contributed by atoms with Gasteiger partial charge in [-0.15, -0.1) is 0 Å². The monoisotopic (exact) mass is 286 g/mol. The second-order valence-electron chi connectivity index (χ2n) is 5.43. The Morgan fingerprint density at radius 1 is 1.37 bits per heavy atom. The van der Waals surface area contributed by atoms with E-state index in [1.165, 1.54) is 12.1 Å². The molecule has 19 heavy (non-hydrogen) atoms. The summed E-state index contributed by atoms with van der Waals surface area (Å²) in [6.07, 6.45) is 2.03. The van der Waals surface area contributed by atoms with Gasteiger partial charge in [0.25, 0.3) is 0 Å². The Hall–Kier alpha value is -0.980. The Morgan fingerprint density at radius 3 is 2.58 bits per heavy atom. The van der Waals surface area contributed by atoms with Gasteiger partial charge in [0.05, 0.1) is 0 Å². The second kappa shape index (κ2) is 5.19. The van der Waals surface area contributed by atoms with E-state index in [1.54, 1.807) is 13.1 Å². The van der Waals surface area contributed by atoms with Gasteiger partial charge >= 0.3 is 0 Å². The lowest BCUT2D eigenvalue weighted by Crippen LogP contribution is -2.29. The highest BCUT2D eigenvalue weighted by molar-refractivity contribution is 7.89. The van der Waals surface area contributed by atoms with E-state index < -0.39 is 15.8 Å². The number of benzene rings is 1. The van der Waals surface area contributed by atoms with Crippen molar-refractivity contribution in [3.63, 3.8) is 0 Å². The van der Waals surface area contributed by atoms with E-state index in [1.807, 2.05) is 6.92 Å². The number of halogens is 1. The Morgan fingerprint density at radius 2 is 2.05 bits per heavy atom. The molecule has 1 aromatic carbocycles. The number of hydrogen-bond donors (Lipinski definition) is 2. The SMILES string of the molecule is CNCc1ccc(S(=O)(=O)NCC2(C)CC2)c(F)c1. The highest BCUT2D eigenvalue weighted by Crippen LogP contribution is 2.44. The maximum atomic E-state index is 13.9. The summed E-state index contributed by atoms with van der Waals surface area (Å²) in [5.74, 6) is -0.707. The predicted octanol–water partition coefficient (Wildman–Crippen LogP) is 1.62. The van der Waals surface area contributed by atoms with Crippen molar-refractivity contribution in [3.8, 4) is 0 Å². The molecule has 1 saturated carbocycles. The van der Waals surface area contributed by atoms with Gasteiger partial charge in [-0.25, -0.2) is 17.5 Å². The van der Waals surface area contributed by atoms with Crippen LogP contribution in [0.25, 0.3) is 0 Å². The van der Waals surface area contributed by atoms with Gasteiger partial charge in [-0.2, -0.15) is 0 Å². The van der Waals surface area contributed by atoms with E-state index in [9.17, 15) is 12.8 Å². The number of hydrogen-bond acceptors (Lipinski definition) is 3. The van der Waals surface area contributed by atoms with Crippen molar-refractivity contribution in [2.75, 3.05) is 13.6 Å². The van der Waals surface area contributed by atoms with Crippen LogP contribution in [0.3, 0.4) is 0 Å². The highest BCUT2D eigenvalue weighted by Gasteiger charge is 2.38. The molecular formula is C13H19FN2O2S. The molecule has 2 rings (SSSR count). The van der Waals surface area contributed by atoms with E-state index in [-0.39, 0.29) is 10.3 Å². The lowest BCUT2D eigenvalue weighted by atomic mass is 10.2. The normalized spacial score (nSPS) is 17.4. The molecule has 0 bridgehead atoms. The largest absolute Gasteiger partial charge is 0.316 e. The van der Waals surface area contributed by atoms with Crippen LogP contribution >= 0.6 is 0 Å². The average molecular weight is 286 g/mol. The van der Waals surface area contributed by atoms with Gasteiger partial charge in [0.15, 0.2) is 0 Å². The Balaban J connectivity index is 2.15. The van der Waals surface area contributed by atoms with Crippen LogP contribution in [0, 0.1) is 11.2 Å². The summed E-state index contributed by atoms with van der Waals surface area (Å²) in [6.45, 7) is 2.89.